The maximum atomic E-state index is 4.72. The Morgan fingerprint density at radius 2 is 1.80 bits per heavy atom. The zero-order valence-electron chi connectivity index (χ0n) is 11.1. The highest BCUT2D eigenvalue weighted by Gasteiger charge is 2.27. The van der Waals surface area contributed by atoms with Crippen LogP contribution in [0.5, 0.6) is 0 Å². The van der Waals surface area contributed by atoms with Crippen molar-refractivity contribution in [3.8, 4) is 0 Å². The summed E-state index contributed by atoms with van der Waals surface area (Å²) in [7, 11) is 0. The third kappa shape index (κ3) is 2.33. The van der Waals surface area contributed by atoms with Gasteiger partial charge in [-0.2, -0.15) is 8.75 Å². The fraction of sp³-hybridized carbons (Fsp3) is 0.538. The highest BCUT2D eigenvalue weighted by atomic mass is 32.1. The highest BCUT2D eigenvalue weighted by molar-refractivity contribution is 6.99. The summed E-state index contributed by atoms with van der Waals surface area (Å²) in [5, 5.41) is 0. The van der Waals surface area contributed by atoms with Gasteiger partial charge in [-0.05, 0) is 18.9 Å². The van der Waals surface area contributed by atoms with Crippen molar-refractivity contribution in [2.75, 3.05) is 36.0 Å². The van der Waals surface area contributed by atoms with Crippen LogP contribution in [0.3, 0.4) is 0 Å². The second-order valence-electron chi connectivity index (χ2n) is 5.29. The Kier molecular flexibility index (Phi) is 2.99. The molecule has 0 atom stereocenters. The molecule has 7 heteroatoms. The van der Waals surface area contributed by atoms with E-state index < -0.39 is 0 Å². The minimum atomic E-state index is 0.609. The molecule has 1 saturated carbocycles. The van der Waals surface area contributed by atoms with E-state index >= 15 is 0 Å². The summed E-state index contributed by atoms with van der Waals surface area (Å²) < 4.78 is 8.36. The summed E-state index contributed by atoms with van der Waals surface area (Å²) in [6.07, 6.45) is 6.23. The summed E-state index contributed by atoms with van der Waals surface area (Å²) in [6.45, 7) is 3.87. The Hall–Kier alpha value is -1.76. The van der Waals surface area contributed by atoms with Crippen LogP contribution < -0.4 is 9.80 Å². The standard InChI is InChI=1S/C13H16N6S/c1-2-10(1)13-14-4-3-11(16-13)18-5-7-19(8-6-18)12-9-15-20-17-12/h3-4,9-10H,1-2,5-8H2. The number of anilines is 2. The van der Waals surface area contributed by atoms with Crippen molar-refractivity contribution >= 4 is 23.4 Å². The van der Waals surface area contributed by atoms with Gasteiger partial charge < -0.3 is 9.80 Å². The van der Waals surface area contributed by atoms with Gasteiger partial charge in [-0.1, -0.05) is 0 Å². The van der Waals surface area contributed by atoms with E-state index in [2.05, 4.69) is 23.5 Å². The fourth-order valence-electron chi connectivity index (χ4n) is 2.54. The molecule has 2 aromatic rings. The molecular weight excluding hydrogens is 272 g/mol. The third-order valence-corrected chi connectivity index (χ3v) is 4.35. The molecule has 0 spiro atoms. The summed E-state index contributed by atoms with van der Waals surface area (Å²) in [5.41, 5.74) is 0. The average molecular weight is 288 g/mol. The predicted molar refractivity (Wildman–Crippen MR) is 78.3 cm³/mol. The number of hydrogen-bond donors (Lipinski definition) is 0. The van der Waals surface area contributed by atoms with E-state index in [1.165, 1.54) is 24.6 Å². The number of hydrogen-bond acceptors (Lipinski definition) is 7. The molecule has 0 aromatic carbocycles. The Balaban J connectivity index is 1.44. The molecule has 20 heavy (non-hydrogen) atoms. The maximum absolute atomic E-state index is 4.72. The van der Waals surface area contributed by atoms with Crippen molar-refractivity contribution in [3.05, 3.63) is 24.3 Å². The molecule has 6 nitrogen and oxygen atoms in total. The van der Waals surface area contributed by atoms with E-state index in [1.54, 1.807) is 0 Å². The first-order valence-electron chi connectivity index (χ1n) is 7.00. The molecule has 1 saturated heterocycles. The first kappa shape index (κ1) is 12.0. The molecule has 0 bridgehead atoms. The molecule has 0 radical (unpaired) electrons. The molecule has 0 N–H and O–H groups in total. The van der Waals surface area contributed by atoms with Crippen LogP contribution >= 0.6 is 11.7 Å². The van der Waals surface area contributed by atoms with E-state index in [1.807, 2.05) is 18.5 Å². The summed E-state index contributed by atoms with van der Waals surface area (Å²) in [5.74, 6) is 3.69. The summed E-state index contributed by atoms with van der Waals surface area (Å²) in [4.78, 5) is 13.7. The Morgan fingerprint density at radius 1 is 1.05 bits per heavy atom. The molecule has 104 valence electrons. The summed E-state index contributed by atoms with van der Waals surface area (Å²) >= 11 is 1.27. The van der Waals surface area contributed by atoms with E-state index in [4.69, 9.17) is 4.98 Å². The SMILES string of the molecule is c1cc(N2CCN(c3cnsn3)CC2)nc(C2CC2)n1. The van der Waals surface area contributed by atoms with Crippen LogP contribution in [0.1, 0.15) is 24.6 Å². The molecular formula is C13H16N6S. The molecule has 3 heterocycles. The zero-order valence-corrected chi connectivity index (χ0v) is 12.0. The Morgan fingerprint density at radius 3 is 2.45 bits per heavy atom. The molecule has 0 unspecified atom stereocenters. The molecule has 2 aromatic heterocycles. The van der Waals surface area contributed by atoms with Gasteiger partial charge in [-0.25, -0.2) is 9.97 Å². The highest BCUT2D eigenvalue weighted by Crippen LogP contribution is 2.38. The quantitative estimate of drug-likeness (QED) is 0.854. The van der Waals surface area contributed by atoms with Crippen LogP contribution in [0.4, 0.5) is 11.6 Å². The largest absolute Gasteiger partial charge is 0.353 e. The minimum absolute atomic E-state index is 0.609. The average Bonchev–Trinajstić information content (AvgIpc) is 3.23. The molecule has 2 aliphatic rings. The van der Waals surface area contributed by atoms with Crippen molar-refractivity contribution < 1.29 is 0 Å². The zero-order chi connectivity index (χ0) is 13.4. The monoisotopic (exact) mass is 288 g/mol. The minimum Gasteiger partial charge on any atom is -0.353 e. The normalized spacial score (nSPS) is 19.4. The van der Waals surface area contributed by atoms with Crippen LogP contribution in [0.15, 0.2) is 18.5 Å². The smallest absolute Gasteiger partial charge is 0.162 e. The molecule has 0 amide bonds. The number of aromatic nitrogens is 4. The first-order chi connectivity index (χ1) is 9.90. The Labute approximate surface area is 121 Å². The van der Waals surface area contributed by atoms with Crippen molar-refractivity contribution in [1.29, 1.82) is 0 Å². The van der Waals surface area contributed by atoms with Gasteiger partial charge in [-0.15, -0.1) is 0 Å². The molecule has 4 rings (SSSR count). The van der Waals surface area contributed by atoms with Gasteiger partial charge in [0.15, 0.2) is 5.82 Å². The van der Waals surface area contributed by atoms with Gasteiger partial charge in [-0.3, -0.25) is 0 Å². The molecule has 2 fully saturated rings. The first-order valence-corrected chi connectivity index (χ1v) is 7.73. The fourth-order valence-corrected chi connectivity index (χ4v) is 2.98. The van der Waals surface area contributed by atoms with Crippen molar-refractivity contribution in [3.63, 3.8) is 0 Å². The van der Waals surface area contributed by atoms with Crippen LogP contribution in [0.2, 0.25) is 0 Å². The van der Waals surface area contributed by atoms with Gasteiger partial charge in [0.2, 0.25) is 0 Å². The van der Waals surface area contributed by atoms with Crippen LogP contribution in [0, 0.1) is 0 Å². The second kappa shape index (κ2) is 4.97. The lowest BCUT2D eigenvalue weighted by Gasteiger charge is -2.35. The number of piperazine rings is 1. The number of rotatable bonds is 3. The van der Waals surface area contributed by atoms with E-state index in [-0.39, 0.29) is 0 Å². The maximum Gasteiger partial charge on any atom is 0.162 e. The van der Waals surface area contributed by atoms with Gasteiger partial charge in [0.05, 0.1) is 17.9 Å². The second-order valence-corrected chi connectivity index (χ2v) is 5.84. The molecule has 1 aliphatic heterocycles. The van der Waals surface area contributed by atoms with Crippen LogP contribution in [-0.4, -0.2) is 44.9 Å². The van der Waals surface area contributed by atoms with E-state index in [0.717, 1.165) is 43.6 Å². The lowest BCUT2D eigenvalue weighted by molar-refractivity contribution is 0.641. The number of nitrogens with zero attached hydrogens (tertiary/aromatic N) is 6. The predicted octanol–water partition coefficient (Wildman–Crippen LogP) is 1.53. The van der Waals surface area contributed by atoms with Gasteiger partial charge in [0.25, 0.3) is 0 Å². The summed E-state index contributed by atoms with van der Waals surface area (Å²) in [6, 6.07) is 2.02. The van der Waals surface area contributed by atoms with E-state index in [0.29, 0.717) is 5.92 Å². The van der Waals surface area contributed by atoms with Crippen molar-refractivity contribution in [1.82, 2.24) is 18.7 Å². The lowest BCUT2D eigenvalue weighted by atomic mass is 10.3. The lowest BCUT2D eigenvalue weighted by Crippen LogP contribution is -2.47. The van der Waals surface area contributed by atoms with Crippen molar-refractivity contribution in [2.24, 2.45) is 0 Å². The van der Waals surface area contributed by atoms with Gasteiger partial charge in [0.1, 0.15) is 11.6 Å². The van der Waals surface area contributed by atoms with Gasteiger partial charge in [0, 0.05) is 38.3 Å². The van der Waals surface area contributed by atoms with Crippen LogP contribution in [-0.2, 0) is 0 Å². The van der Waals surface area contributed by atoms with Crippen molar-refractivity contribution in [2.45, 2.75) is 18.8 Å². The van der Waals surface area contributed by atoms with Crippen LogP contribution in [0.25, 0.3) is 0 Å². The van der Waals surface area contributed by atoms with Gasteiger partial charge >= 0.3 is 0 Å². The Bertz CT molecular complexity index is 574. The third-order valence-electron chi connectivity index (χ3n) is 3.88. The van der Waals surface area contributed by atoms with E-state index in [9.17, 15) is 0 Å². The topological polar surface area (TPSA) is 58.0 Å². The molecule has 1 aliphatic carbocycles.